The summed E-state index contributed by atoms with van der Waals surface area (Å²) in [6.07, 6.45) is -0.681. The molecule has 0 spiro atoms. The van der Waals surface area contributed by atoms with Crippen LogP contribution in [0.25, 0.3) is 5.82 Å². The fraction of sp³-hybridized carbons (Fsp3) is 0.400. The molecular weight excluding hydrogens is 438 g/mol. The van der Waals surface area contributed by atoms with Gasteiger partial charge in [0.05, 0.1) is 22.7 Å². The monoisotopic (exact) mass is 455 g/mol. The first kappa shape index (κ1) is 21.5. The average Bonchev–Trinajstić information content (AvgIpc) is 3.14. The zero-order valence-corrected chi connectivity index (χ0v) is 17.4. The molecule has 164 valence electrons. The first-order chi connectivity index (χ1) is 14.6. The molecule has 0 saturated carbocycles. The van der Waals surface area contributed by atoms with Gasteiger partial charge < -0.3 is 4.90 Å². The van der Waals surface area contributed by atoms with Crippen molar-refractivity contribution in [3.05, 3.63) is 58.3 Å². The molecule has 3 heterocycles. The van der Waals surface area contributed by atoms with Crippen LogP contribution in [0.15, 0.2) is 41.1 Å². The zero-order chi connectivity index (χ0) is 22.6. The Kier molecular flexibility index (Phi) is 5.15. The lowest BCUT2D eigenvalue weighted by atomic mass is 9.78. The number of rotatable bonds is 2. The van der Waals surface area contributed by atoms with Crippen LogP contribution in [-0.4, -0.2) is 43.5 Å². The predicted octanol–water partition coefficient (Wildman–Crippen LogP) is 4.27. The molecule has 1 amide bonds. The number of carbonyl (C=O) groups excluding carboxylic acids is 1. The van der Waals surface area contributed by atoms with Crippen molar-refractivity contribution in [3.63, 3.8) is 0 Å². The Balaban J connectivity index is 1.67. The first-order valence-electron chi connectivity index (χ1n) is 9.56. The Bertz CT molecular complexity index is 1110. The summed E-state index contributed by atoms with van der Waals surface area (Å²) in [6, 6.07) is 2.12. The van der Waals surface area contributed by atoms with Crippen molar-refractivity contribution < 1.29 is 22.4 Å². The lowest BCUT2D eigenvalue weighted by Gasteiger charge is -2.40. The molecule has 2 aliphatic rings. The van der Waals surface area contributed by atoms with Gasteiger partial charge in [-0.25, -0.2) is 9.37 Å². The molecule has 2 unspecified atom stereocenters. The van der Waals surface area contributed by atoms with Crippen LogP contribution < -0.4 is 0 Å². The molecule has 0 bridgehead atoms. The van der Waals surface area contributed by atoms with E-state index in [-0.39, 0.29) is 25.2 Å². The third-order valence-corrected chi connectivity index (χ3v) is 6.38. The van der Waals surface area contributed by atoms with E-state index in [0.717, 1.165) is 6.08 Å². The molecule has 31 heavy (non-hydrogen) atoms. The highest BCUT2D eigenvalue weighted by Gasteiger charge is 2.48. The molecule has 1 aliphatic heterocycles. The van der Waals surface area contributed by atoms with Gasteiger partial charge in [-0.2, -0.15) is 17.9 Å². The van der Waals surface area contributed by atoms with Crippen molar-refractivity contribution in [1.82, 2.24) is 24.9 Å². The summed E-state index contributed by atoms with van der Waals surface area (Å²) in [6.45, 7) is 3.31. The standard InChI is InChI=1S/C20H18ClF4N5O/c1-11-15-14(30(28-27-15)17-13(22)6-4-9-26-17)7-10-29(11)18(31)19(2)8-3-5-12(16(19)21)20(23,24)25/h3-6,9,11H,7-8,10H2,1-2H3. The van der Waals surface area contributed by atoms with Gasteiger partial charge >= 0.3 is 6.18 Å². The fourth-order valence-corrected chi connectivity index (χ4v) is 4.34. The summed E-state index contributed by atoms with van der Waals surface area (Å²) >= 11 is 6.12. The third-order valence-electron chi connectivity index (χ3n) is 5.76. The number of nitrogens with zero attached hydrogens (tertiary/aromatic N) is 5. The predicted molar refractivity (Wildman–Crippen MR) is 104 cm³/mol. The molecule has 11 heteroatoms. The van der Waals surface area contributed by atoms with Gasteiger partial charge in [-0.3, -0.25) is 4.79 Å². The second-order valence-corrected chi connectivity index (χ2v) is 8.11. The Hall–Kier alpha value is -2.75. The summed E-state index contributed by atoms with van der Waals surface area (Å²) < 4.78 is 55.5. The van der Waals surface area contributed by atoms with Crippen molar-refractivity contribution >= 4 is 17.5 Å². The number of hydrogen-bond donors (Lipinski definition) is 0. The van der Waals surface area contributed by atoms with Crippen LogP contribution in [0.4, 0.5) is 17.6 Å². The van der Waals surface area contributed by atoms with E-state index >= 15 is 0 Å². The average molecular weight is 456 g/mol. The number of halogens is 5. The summed E-state index contributed by atoms with van der Waals surface area (Å²) in [4.78, 5) is 18.8. The minimum Gasteiger partial charge on any atom is -0.333 e. The lowest BCUT2D eigenvalue weighted by Crippen LogP contribution is -2.48. The van der Waals surface area contributed by atoms with Crippen molar-refractivity contribution in [1.29, 1.82) is 0 Å². The van der Waals surface area contributed by atoms with E-state index < -0.39 is 40.0 Å². The third kappa shape index (κ3) is 3.42. The van der Waals surface area contributed by atoms with E-state index in [1.807, 2.05) is 0 Å². The van der Waals surface area contributed by atoms with Crippen LogP contribution in [-0.2, 0) is 11.2 Å². The van der Waals surface area contributed by atoms with Gasteiger partial charge in [-0.15, -0.1) is 5.10 Å². The van der Waals surface area contributed by atoms with Crippen molar-refractivity contribution in [3.8, 4) is 5.82 Å². The molecule has 0 saturated heterocycles. The molecule has 2 aromatic heterocycles. The summed E-state index contributed by atoms with van der Waals surface area (Å²) in [5.41, 5.74) is -1.52. The van der Waals surface area contributed by atoms with E-state index in [1.165, 1.54) is 40.9 Å². The van der Waals surface area contributed by atoms with Crippen LogP contribution in [0.2, 0.25) is 0 Å². The van der Waals surface area contributed by atoms with Gasteiger partial charge in [0.2, 0.25) is 5.91 Å². The molecule has 1 aliphatic carbocycles. The highest BCUT2D eigenvalue weighted by Crippen LogP contribution is 2.47. The van der Waals surface area contributed by atoms with E-state index in [1.54, 1.807) is 6.92 Å². The van der Waals surface area contributed by atoms with Crippen molar-refractivity contribution in [2.24, 2.45) is 5.41 Å². The molecule has 4 rings (SSSR count). The molecule has 6 nitrogen and oxygen atoms in total. The van der Waals surface area contributed by atoms with E-state index in [2.05, 4.69) is 15.3 Å². The number of carbonyl (C=O) groups is 1. The number of fused-ring (bicyclic) bond motifs is 1. The fourth-order valence-electron chi connectivity index (χ4n) is 4.01. The molecule has 0 fully saturated rings. The number of hydrogen-bond acceptors (Lipinski definition) is 4. The van der Waals surface area contributed by atoms with Crippen LogP contribution in [0, 0.1) is 11.2 Å². The normalized spacial score (nSPS) is 23.8. The Morgan fingerprint density at radius 1 is 1.35 bits per heavy atom. The second kappa shape index (κ2) is 7.44. The Labute approximate surface area is 180 Å². The van der Waals surface area contributed by atoms with E-state index in [0.29, 0.717) is 11.4 Å². The molecule has 2 atom stereocenters. The second-order valence-electron chi connectivity index (χ2n) is 7.73. The van der Waals surface area contributed by atoms with Crippen LogP contribution in [0.3, 0.4) is 0 Å². The zero-order valence-electron chi connectivity index (χ0n) is 16.6. The highest BCUT2D eigenvalue weighted by molar-refractivity contribution is 6.33. The largest absolute Gasteiger partial charge is 0.417 e. The van der Waals surface area contributed by atoms with Gasteiger partial charge in [0.15, 0.2) is 11.6 Å². The van der Waals surface area contributed by atoms with E-state index in [4.69, 9.17) is 11.6 Å². The lowest BCUT2D eigenvalue weighted by molar-refractivity contribution is -0.142. The maximum Gasteiger partial charge on any atom is 0.417 e. The van der Waals surface area contributed by atoms with E-state index in [9.17, 15) is 22.4 Å². The van der Waals surface area contributed by atoms with Crippen LogP contribution in [0.5, 0.6) is 0 Å². The summed E-state index contributed by atoms with van der Waals surface area (Å²) in [7, 11) is 0. The quantitative estimate of drug-likeness (QED) is 0.634. The molecular formula is C20H18ClF4N5O. The van der Waals surface area contributed by atoms with Crippen molar-refractivity contribution in [2.45, 2.75) is 38.9 Å². The van der Waals surface area contributed by atoms with Gasteiger partial charge in [0.1, 0.15) is 5.69 Å². The maximum absolute atomic E-state index is 14.2. The summed E-state index contributed by atoms with van der Waals surface area (Å²) in [5, 5.41) is 7.57. The number of amides is 1. The molecule has 0 aromatic carbocycles. The van der Waals surface area contributed by atoms with Gasteiger partial charge in [0.25, 0.3) is 0 Å². The van der Waals surface area contributed by atoms with Crippen molar-refractivity contribution in [2.75, 3.05) is 6.54 Å². The number of alkyl halides is 3. The SMILES string of the molecule is CC1c2nnn(-c3ncccc3F)c2CCN1C(=O)C1(C)CC=CC(C(F)(F)F)=C1Cl. The minimum atomic E-state index is -4.66. The molecule has 2 aromatic rings. The maximum atomic E-state index is 14.2. The first-order valence-corrected chi connectivity index (χ1v) is 9.94. The Morgan fingerprint density at radius 3 is 2.77 bits per heavy atom. The minimum absolute atomic E-state index is 0.00611. The molecule has 0 N–H and O–H groups in total. The number of aromatic nitrogens is 4. The smallest absolute Gasteiger partial charge is 0.333 e. The summed E-state index contributed by atoms with van der Waals surface area (Å²) in [5.74, 6) is -1.10. The van der Waals surface area contributed by atoms with Gasteiger partial charge in [0, 0.05) is 24.2 Å². The van der Waals surface area contributed by atoms with Gasteiger partial charge in [-0.05, 0) is 32.4 Å². The highest BCUT2D eigenvalue weighted by atomic mass is 35.5. The van der Waals surface area contributed by atoms with Crippen LogP contribution in [0.1, 0.15) is 37.7 Å². The number of allylic oxidation sites excluding steroid dienone is 3. The van der Waals surface area contributed by atoms with Crippen LogP contribution >= 0.6 is 11.6 Å². The topological polar surface area (TPSA) is 63.9 Å². The van der Waals surface area contributed by atoms with Gasteiger partial charge in [-0.1, -0.05) is 29.0 Å². The number of pyridine rings is 1. The molecule has 0 radical (unpaired) electrons. The Morgan fingerprint density at radius 2 is 2.10 bits per heavy atom.